The summed E-state index contributed by atoms with van der Waals surface area (Å²) in [5.74, 6) is 6.01. The molecule has 0 bridgehead atoms. The number of hydrogen-bond donors (Lipinski definition) is 5. The Kier molecular flexibility index (Phi) is 9.42. The average Bonchev–Trinajstić information content (AvgIpc) is 3.71. The number of nitrogens with one attached hydrogen (secondary N) is 4. The second-order valence-corrected chi connectivity index (χ2v) is 12.4. The Morgan fingerprint density at radius 2 is 1.54 bits per heavy atom. The number of carbonyl (C=O) groups is 2. The van der Waals surface area contributed by atoms with Gasteiger partial charge in [0.05, 0.1) is 17.3 Å². The molecule has 0 spiro atoms. The molecule has 2 aromatic rings. The van der Waals surface area contributed by atoms with Crippen molar-refractivity contribution in [1.29, 1.82) is 0 Å². The van der Waals surface area contributed by atoms with E-state index in [9.17, 15) is 14.8 Å². The molecule has 218 valence electrons. The van der Waals surface area contributed by atoms with Crippen LogP contribution in [0.5, 0.6) is 0 Å². The molecule has 8 heteroatoms. The molecule has 0 radical (unpaired) electrons. The molecule has 1 unspecified atom stereocenters. The number of rotatable bonds is 9. The number of allylic oxidation sites excluding steroid dienone is 1. The van der Waals surface area contributed by atoms with Gasteiger partial charge in [-0.05, 0) is 114 Å². The Hall–Kier alpha value is -3.80. The van der Waals surface area contributed by atoms with Crippen molar-refractivity contribution in [3.8, 4) is 11.8 Å². The van der Waals surface area contributed by atoms with Crippen LogP contribution in [0.4, 0.5) is 4.79 Å². The van der Waals surface area contributed by atoms with Crippen LogP contribution >= 0.6 is 0 Å². The number of alkyl carbamates (subject to hydrolysis) is 1. The number of hydroxylamine groups is 1. The van der Waals surface area contributed by atoms with E-state index in [4.69, 9.17) is 4.74 Å². The lowest BCUT2D eigenvalue weighted by atomic mass is 9.83. The van der Waals surface area contributed by atoms with Crippen molar-refractivity contribution in [2.24, 2.45) is 0 Å². The minimum absolute atomic E-state index is 0.336. The van der Waals surface area contributed by atoms with Gasteiger partial charge < -0.3 is 20.7 Å². The Balaban J connectivity index is 1.44. The molecule has 4 rings (SSSR count). The molecule has 2 fully saturated rings. The quantitative estimate of drug-likeness (QED) is 0.215. The predicted molar refractivity (Wildman–Crippen MR) is 159 cm³/mol. The van der Waals surface area contributed by atoms with Gasteiger partial charge in [0.15, 0.2) is 0 Å². The zero-order valence-corrected chi connectivity index (χ0v) is 24.7. The Morgan fingerprint density at radius 1 is 0.951 bits per heavy atom. The molecule has 2 saturated carbocycles. The van der Waals surface area contributed by atoms with E-state index in [0.29, 0.717) is 17.3 Å². The SMILES string of the molecule is CC(C)(C)OC(=O)NC(C)(C)C(NC(=O)c1ccc(C#Cc2ccc(CNC3CC3)cc2)cc1)C(NO)=C1CCC1. The lowest BCUT2D eigenvalue weighted by Gasteiger charge is -2.39. The number of ether oxygens (including phenoxy) is 1. The van der Waals surface area contributed by atoms with Gasteiger partial charge in [-0.15, -0.1) is 0 Å². The number of hydrogen-bond acceptors (Lipinski definition) is 6. The highest BCUT2D eigenvalue weighted by molar-refractivity contribution is 5.95. The summed E-state index contributed by atoms with van der Waals surface area (Å²) in [6.45, 7) is 9.81. The van der Waals surface area contributed by atoms with E-state index in [-0.39, 0.29) is 5.91 Å². The van der Waals surface area contributed by atoms with Crippen molar-refractivity contribution in [3.63, 3.8) is 0 Å². The molecule has 41 heavy (non-hydrogen) atoms. The van der Waals surface area contributed by atoms with Crippen molar-refractivity contribution in [2.75, 3.05) is 0 Å². The fourth-order valence-electron chi connectivity index (χ4n) is 4.54. The van der Waals surface area contributed by atoms with Crippen molar-refractivity contribution in [2.45, 2.75) is 96.5 Å². The first-order chi connectivity index (χ1) is 19.4. The molecule has 2 aliphatic carbocycles. The zero-order valence-electron chi connectivity index (χ0n) is 24.7. The van der Waals surface area contributed by atoms with Crippen LogP contribution < -0.4 is 21.4 Å². The summed E-state index contributed by atoms with van der Waals surface area (Å²) in [4.78, 5) is 26.0. The van der Waals surface area contributed by atoms with Crippen LogP contribution in [-0.4, -0.2) is 40.4 Å². The molecular formula is C33H42N4O4. The molecule has 2 aliphatic rings. The maximum Gasteiger partial charge on any atom is 0.408 e. The summed E-state index contributed by atoms with van der Waals surface area (Å²) in [6, 6.07) is 15.2. The van der Waals surface area contributed by atoms with Gasteiger partial charge in [0.25, 0.3) is 5.91 Å². The van der Waals surface area contributed by atoms with Crippen LogP contribution in [0.15, 0.2) is 59.8 Å². The van der Waals surface area contributed by atoms with E-state index in [1.54, 1.807) is 46.8 Å². The first-order valence-electron chi connectivity index (χ1n) is 14.3. The van der Waals surface area contributed by atoms with Crippen LogP contribution in [0.25, 0.3) is 0 Å². The first kappa shape index (κ1) is 30.2. The van der Waals surface area contributed by atoms with Gasteiger partial charge in [-0.3, -0.25) is 15.5 Å². The van der Waals surface area contributed by atoms with Crippen molar-refractivity contribution < 1.29 is 19.5 Å². The summed E-state index contributed by atoms with van der Waals surface area (Å²) >= 11 is 0. The highest BCUT2D eigenvalue weighted by Crippen LogP contribution is 2.31. The minimum Gasteiger partial charge on any atom is -0.444 e. The zero-order chi connectivity index (χ0) is 29.6. The van der Waals surface area contributed by atoms with E-state index in [0.717, 1.165) is 42.5 Å². The highest BCUT2D eigenvalue weighted by atomic mass is 16.6. The Labute approximate surface area is 243 Å². The molecule has 5 N–H and O–H groups in total. The number of carbonyl (C=O) groups excluding carboxylic acids is 2. The maximum absolute atomic E-state index is 13.4. The standard InChI is InChI=1S/C33H42N4O4/c1-32(2,3)41-31(39)36-33(4,5)29(28(37-40)25-7-6-8-25)35-30(38)26-17-15-23(16-18-26)10-9-22-11-13-24(14-12-22)21-34-27-19-20-27/h11-18,27,29,34,37,40H,6-8,19-21H2,1-5H3,(H,35,38)(H,36,39). The summed E-state index contributed by atoms with van der Waals surface area (Å²) in [6.07, 6.45) is 4.56. The lowest BCUT2D eigenvalue weighted by molar-refractivity contribution is 0.0442. The van der Waals surface area contributed by atoms with Crippen molar-refractivity contribution in [3.05, 3.63) is 82.1 Å². The van der Waals surface area contributed by atoms with Crippen LogP contribution in [-0.2, 0) is 11.3 Å². The van der Waals surface area contributed by atoms with Crippen LogP contribution in [0, 0.1) is 11.8 Å². The fourth-order valence-corrected chi connectivity index (χ4v) is 4.54. The minimum atomic E-state index is -0.986. The third-order valence-electron chi connectivity index (χ3n) is 7.19. The normalized spacial score (nSPS) is 15.5. The summed E-state index contributed by atoms with van der Waals surface area (Å²) < 4.78 is 5.45. The second-order valence-electron chi connectivity index (χ2n) is 12.4. The Bertz CT molecular complexity index is 1320. The monoisotopic (exact) mass is 558 g/mol. The maximum atomic E-state index is 13.4. The molecular weight excluding hydrogens is 516 g/mol. The van der Waals surface area contributed by atoms with E-state index in [1.165, 1.54) is 18.4 Å². The van der Waals surface area contributed by atoms with Gasteiger partial charge in [-0.25, -0.2) is 4.79 Å². The molecule has 2 amide bonds. The molecule has 0 aliphatic heterocycles. The van der Waals surface area contributed by atoms with Gasteiger partial charge in [-0.2, -0.15) is 0 Å². The average molecular weight is 559 g/mol. The molecule has 2 aromatic carbocycles. The highest BCUT2D eigenvalue weighted by Gasteiger charge is 2.38. The number of benzene rings is 2. The fraction of sp³-hybridized carbons (Fsp3) is 0.455. The van der Waals surface area contributed by atoms with E-state index < -0.39 is 23.3 Å². The van der Waals surface area contributed by atoms with Gasteiger partial charge >= 0.3 is 6.09 Å². The van der Waals surface area contributed by atoms with Crippen LogP contribution in [0.2, 0.25) is 0 Å². The van der Waals surface area contributed by atoms with Crippen molar-refractivity contribution >= 4 is 12.0 Å². The summed E-state index contributed by atoms with van der Waals surface area (Å²) in [5.41, 5.74) is 5.54. The van der Waals surface area contributed by atoms with E-state index in [1.807, 2.05) is 24.3 Å². The lowest BCUT2D eigenvalue weighted by Crippen LogP contribution is -2.61. The van der Waals surface area contributed by atoms with Gasteiger partial charge in [-0.1, -0.05) is 24.0 Å². The van der Waals surface area contributed by atoms with Crippen LogP contribution in [0.3, 0.4) is 0 Å². The van der Waals surface area contributed by atoms with Crippen LogP contribution in [0.1, 0.15) is 93.8 Å². The predicted octanol–water partition coefficient (Wildman–Crippen LogP) is 5.16. The van der Waals surface area contributed by atoms with Gasteiger partial charge in [0.1, 0.15) is 5.60 Å². The second kappa shape index (κ2) is 12.8. The van der Waals surface area contributed by atoms with Gasteiger partial charge in [0.2, 0.25) is 0 Å². The number of amides is 2. The largest absolute Gasteiger partial charge is 0.444 e. The third-order valence-corrected chi connectivity index (χ3v) is 7.19. The topological polar surface area (TPSA) is 112 Å². The Morgan fingerprint density at radius 3 is 2.02 bits per heavy atom. The smallest absolute Gasteiger partial charge is 0.408 e. The molecule has 1 atom stereocenters. The molecule has 8 nitrogen and oxygen atoms in total. The molecule has 0 aromatic heterocycles. The first-order valence-corrected chi connectivity index (χ1v) is 14.3. The molecule has 0 heterocycles. The summed E-state index contributed by atoms with van der Waals surface area (Å²) in [7, 11) is 0. The van der Waals surface area contributed by atoms with Crippen molar-refractivity contribution in [1.82, 2.24) is 21.4 Å². The van der Waals surface area contributed by atoms with E-state index >= 15 is 0 Å². The third kappa shape index (κ3) is 8.84. The van der Waals surface area contributed by atoms with Gasteiger partial charge in [0, 0.05) is 29.3 Å². The molecule has 0 saturated heterocycles. The van der Waals surface area contributed by atoms with E-state index in [2.05, 4.69) is 45.4 Å². The summed E-state index contributed by atoms with van der Waals surface area (Å²) in [5, 5.41) is 19.4.